The average molecular weight is 233 g/mol. The van der Waals surface area contributed by atoms with E-state index in [0.29, 0.717) is 0 Å². The second-order valence-electron chi connectivity index (χ2n) is 2.58. The molecule has 0 saturated heterocycles. The predicted molar refractivity (Wildman–Crippen MR) is 49.8 cm³/mol. The fraction of sp³-hybridized carbons (Fsp3) is 0.333. The summed E-state index contributed by atoms with van der Waals surface area (Å²) in [7, 11) is 0. The lowest BCUT2D eigenvalue weighted by atomic mass is 10.1. The van der Waals surface area contributed by atoms with Crippen molar-refractivity contribution in [3.05, 3.63) is 34.3 Å². The molecular formula is C9H10BrFO. The van der Waals surface area contributed by atoms with Gasteiger partial charge in [-0.3, -0.25) is 0 Å². The summed E-state index contributed by atoms with van der Waals surface area (Å²) in [6, 6.07) is 7.43. The van der Waals surface area contributed by atoms with Crippen molar-refractivity contribution in [3.8, 4) is 0 Å². The van der Waals surface area contributed by atoms with E-state index in [1.54, 1.807) is 0 Å². The van der Waals surface area contributed by atoms with Gasteiger partial charge in [-0.1, -0.05) is 34.1 Å². The van der Waals surface area contributed by atoms with Gasteiger partial charge in [-0.2, -0.15) is 0 Å². The molecule has 3 heteroatoms. The normalized spacial score (nSPS) is 12.9. The highest BCUT2D eigenvalue weighted by atomic mass is 79.9. The maximum atomic E-state index is 12.7. The Morgan fingerprint density at radius 3 is 2.67 bits per heavy atom. The molecule has 0 aliphatic carbocycles. The van der Waals surface area contributed by atoms with Gasteiger partial charge >= 0.3 is 0 Å². The minimum atomic E-state index is -1.16. The highest BCUT2D eigenvalue weighted by Crippen LogP contribution is 2.18. The largest absolute Gasteiger partial charge is 0.393 e. The molecule has 1 rings (SSSR count). The number of aliphatic hydroxyl groups excluding tert-OH is 1. The zero-order chi connectivity index (χ0) is 8.97. The van der Waals surface area contributed by atoms with E-state index in [-0.39, 0.29) is 6.42 Å². The lowest BCUT2D eigenvalue weighted by Crippen LogP contribution is -2.09. The zero-order valence-corrected chi connectivity index (χ0v) is 8.09. The summed E-state index contributed by atoms with van der Waals surface area (Å²) in [6.45, 7) is -0.415. The molecule has 1 aromatic rings. The SMILES string of the molecule is OCC(F)Cc1ccccc1Br. The lowest BCUT2D eigenvalue weighted by molar-refractivity contribution is 0.177. The van der Waals surface area contributed by atoms with Crippen LogP contribution >= 0.6 is 15.9 Å². The molecule has 0 aliphatic heterocycles. The molecule has 0 fully saturated rings. The van der Waals surface area contributed by atoms with E-state index in [0.717, 1.165) is 10.0 Å². The Labute approximate surface area is 79.4 Å². The van der Waals surface area contributed by atoms with Crippen molar-refractivity contribution in [3.63, 3.8) is 0 Å². The van der Waals surface area contributed by atoms with E-state index in [4.69, 9.17) is 5.11 Å². The fourth-order valence-electron chi connectivity index (χ4n) is 0.967. The molecule has 1 nitrogen and oxygen atoms in total. The Kier molecular flexibility index (Phi) is 3.69. The van der Waals surface area contributed by atoms with Crippen molar-refractivity contribution in [2.45, 2.75) is 12.6 Å². The standard InChI is InChI=1S/C9H10BrFO/c10-9-4-2-1-3-7(9)5-8(11)6-12/h1-4,8,12H,5-6H2. The van der Waals surface area contributed by atoms with Crippen molar-refractivity contribution in [2.75, 3.05) is 6.61 Å². The molecule has 0 amide bonds. The van der Waals surface area contributed by atoms with Gasteiger partial charge in [0.15, 0.2) is 0 Å². The lowest BCUT2D eigenvalue weighted by Gasteiger charge is -2.05. The van der Waals surface area contributed by atoms with Crippen molar-refractivity contribution in [2.24, 2.45) is 0 Å². The summed E-state index contributed by atoms with van der Waals surface area (Å²) >= 11 is 3.31. The molecule has 0 saturated carbocycles. The van der Waals surface area contributed by atoms with Gasteiger partial charge in [-0.25, -0.2) is 4.39 Å². The topological polar surface area (TPSA) is 20.2 Å². The Balaban J connectivity index is 2.69. The van der Waals surface area contributed by atoms with E-state index >= 15 is 0 Å². The number of halogens is 2. The van der Waals surface area contributed by atoms with Crippen LogP contribution in [0, 0.1) is 0 Å². The third kappa shape index (κ3) is 2.57. The molecule has 1 aromatic carbocycles. The molecule has 0 heterocycles. The van der Waals surface area contributed by atoms with Crippen LogP contribution < -0.4 is 0 Å². The van der Waals surface area contributed by atoms with Crippen molar-refractivity contribution in [1.82, 2.24) is 0 Å². The van der Waals surface area contributed by atoms with Crippen LogP contribution in [0.5, 0.6) is 0 Å². The summed E-state index contributed by atoms with van der Waals surface area (Å²) in [5.41, 5.74) is 0.888. The van der Waals surface area contributed by atoms with Gasteiger partial charge in [0.25, 0.3) is 0 Å². The number of aliphatic hydroxyl groups is 1. The van der Waals surface area contributed by atoms with Crippen LogP contribution in [-0.2, 0) is 6.42 Å². The second kappa shape index (κ2) is 4.58. The van der Waals surface area contributed by atoms with Gasteiger partial charge in [0.2, 0.25) is 0 Å². The highest BCUT2D eigenvalue weighted by molar-refractivity contribution is 9.10. The summed E-state index contributed by atoms with van der Waals surface area (Å²) < 4.78 is 13.6. The average Bonchev–Trinajstić information content (AvgIpc) is 2.09. The molecule has 0 bridgehead atoms. The zero-order valence-electron chi connectivity index (χ0n) is 6.50. The molecule has 1 unspecified atom stereocenters. The number of benzene rings is 1. The fourth-order valence-corrected chi connectivity index (χ4v) is 1.41. The highest BCUT2D eigenvalue weighted by Gasteiger charge is 2.07. The maximum absolute atomic E-state index is 12.7. The first-order chi connectivity index (χ1) is 5.74. The number of rotatable bonds is 3. The number of hydrogen-bond donors (Lipinski definition) is 1. The number of alkyl halides is 1. The van der Waals surface area contributed by atoms with E-state index in [9.17, 15) is 4.39 Å². The first-order valence-corrected chi connectivity index (χ1v) is 4.51. The van der Waals surface area contributed by atoms with Gasteiger partial charge in [-0.15, -0.1) is 0 Å². The third-order valence-electron chi connectivity index (χ3n) is 1.60. The van der Waals surface area contributed by atoms with Gasteiger partial charge in [-0.05, 0) is 11.6 Å². The third-order valence-corrected chi connectivity index (χ3v) is 2.37. The summed E-state index contributed by atoms with van der Waals surface area (Å²) in [6.07, 6.45) is -0.901. The molecule has 1 atom stereocenters. The van der Waals surface area contributed by atoms with Crippen LogP contribution in [0.15, 0.2) is 28.7 Å². The Morgan fingerprint density at radius 2 is 2.08 bits per heavy atom. The molecule has 0 spiro atoms. The van der Waals surface area contributed by atoms with E-state index in [2.05, 4.69) is 15.9 Å². The van der Waals surface area contributed by atoms with Gasteiger partial charge in [0.05, 0.1) is 6.61 Å². The van der Waals surface area contributed by atoms with E-state index in [1.807, 2.05) is 24.3 Å². The molecule has 12 heavy (non-hydrogen) atoms. The Bertz CT molecular complexity index is 252. The monoisotopic (exact) mass is 232 g/mol. The minimum absolute atomic E-state index is 0.262. The van der Waals surface area contributed by atoms with Crippen LogP contribution in [0.2, 0.25) is 0 Å². The maximum Gasteiger partial charge on any atom is 0.127 e. The smallest absolute Gasteiger partial charge is 0.127 e. The quantitative estimate of drug-likeness (QED) is 0.849. The molecule has 0 aliphatic rings. The van der Waals surface area contributed by atoms with Crippen LogP contribution in [0.25, 0.3) is 0 Å². The van der Waals surface area contributed by atoms with Crippen LogP contribution in [0.1, 0.15) is 5.56 Å². The minimum Gasteiger partial charge on any atom is -0.393 e. The summed E-state index contributed by atoms with van der Waals surface area (Å²) in [5, 5.41) is 8.50. The molecule has 0 radical (unpaired) electrons. The van der Waals surface area contributed by atoms with E-state index < -0.39 is 12.8 Å². The first kappa shape index (κ1) is 9.68. The molecule has 1 N–H and O–H groups in total. The summed E-state index contributed by atoms with van der Waals surface area (Å²) in [5.74, 6) is 0. The second-order valence-corrected chi connectivity index (χ2v) is 3.43. The van der Waals surface area contributed by atoms with Gasteiger partial charge < -0.3 is 5.11 Å². The van der Waals surface area contributed by atoms with Gasteiger partial charge in [0, 0.05) is 10.9 Å². The summed E-state index contributed by atoms with van der Waals surface area (Å²) in [4.78, 5) is 0. The van der Waals surface area contributed by atoms with Crippen molar-refractivity contribution in [1.29, 1.82) is 0 Å². The predicted octanol–water partition coefficient (Wildman–Crippen LogP) is 2.32. The first-order valence-electron chi connectivity index (χ1n) is 3.72. The van der Waals surface area contributed by atoms with Crippen molar-refractivity contribution < 1.29 is 9.50 Å². The number of hydrogen-bond acceptors (Lipinski definition) is 1. The molecular weight excluding hydrogens is 223 g/mol. The van der Waals surface area contributed by atoms with Gasteiger partial charge in [0.1, 0.15) is 6.17 Å². The molecule has 0 aromatic heterocycles. The van der Waals surface area contributed by atoms with Crippen LogP contribution in [0.3, 0.4) is 0 Å². The Hall–Kier alpha value is -0.410. The van der Waals surface area contributed by atoms with Crippen LogP contribution in [0.4, 0.5) is 4.39 Å². The molecule has 66 valence electrons. The van der Waals surface area contributed by atoms with Crippen LogP contribution in [-0.4, -0.2) is 17.9 Å². The Morgan fingerprint density at radius 1 is 1.42 bits per heavy atom. The van der Waals surface area contributed by atoms with Crippen molar-refractivity contribution >= 4 is 15.9 Å². The van der Waals surface area contributed by atoms with E-state index in [1.165, 1.54) is 0 Å².